The highest BCUT2D eigenvalue weighted by Gasteiger charge is 2.19. The number of primary amides is 1. The number of anilines is 2. The van der Waals surface area contributed by atoms with Crippen molar-refractivity contribution in [1.29, 1.82) is 0 Å². The third-order valence-electron chi connectivity index (χ3n) is 3.18. The van der Waals surface area contributed by atoms with Gasteiger partial charge in [-0.15, -0.1) is 0 Å². The van der Waals surface area contributed by atoms with Gasteiger partial charge in [-0.1, -0.05) is 0 Å². The lowest BCUT2D eigenvalue weighted by Gasteiger charge is -2.29. The average Bonchev–Trinajstić information content (AvgIpc) is 2.31. The van der Waals surface area contributed by atoms with E-state index in [9.17, 15) is 4.79 Å². The van der Waals surface area contributed by atoms with E-state index in [-0.39, 0.29) is 6.10 Å². The number of nitrogen functional groups attached to an aromatic ring is 1. The average molecular weight is 249 g/mol. The molecule has 5 heteroatoms. The normalized spacial score (nSPS) is 23.6. The fourth-order valence-electron chi connectivity index (χ4n) is 2.18. The molecule has 0 spiro atoms. The molecule has 0 radical (unpaired) electrons. The van der Waals surface area contributed by atoms with Gasteiger partial charge in [-0.2, -0.15) is 0 Å². The third kappa shape index (κ3) is 2.92. The van der Waals surface area contributed by atoms with Crippen molar-refractivity contribution in [3.63, 3.8) is 0 Å². The maximum atomic E-state index is 11.1. The molecule has 1 amide bonds. The van der Waals surface area contributed by atoms with E-state index in [1.54, 1.807) is 18.2 Å². The van der Waals surface area contributed by atoms with Crippen LogP contribution in [0.3, 0.4) is 0 Å². The molecular weight excluding hydrogens is 230 g/mol. The van der Waals surface area contributed by atoms with E-state index >= 15 is 0 Å². The van der Waals surface area contributed by atoms with Crippen LogP contribution in [0.25, 0.3) is 0 Å². The summed E-state index contributed by atoms with van der Waals surface area (Å²) in [6.45, 7) is 2.80. The van der Waals surface area contributed by atoms with Crippen LogP contribution in [0.15, 0.2) is 18.2 Å². The molecule has 1 aromatic carbocycles. The Morgan fingerprint density at radius 3 is 2.94 bits per heavy atom. The lowest BCUT2D eigenvalue weighted by Crippen LogP contribution is -2.32. The highest BCUT2D eigenvalue weighted by Crippen LogP contribution is 2.24. The molecule has 0 aromatic heterocycles. The number of nitrogens with two attached hydrogens (primary N) is 2. The predicted molar refractivity (Wildman–Crippen MR) is 71.4 cm³/mol. The van der Waals surface area contributed by atoms with Gasteiger partial charge in [0.1, 0.15) is 0 Å². The zero-order chi connectivity index (χ0) is 13.1. The predicted octanol–water partition coefficient (Wildman–Crippen LogP) is 1.35. The smallest absolute Gasteiger partial charge is 0.248 e. The Bertz CT molecular complexity index is 448. The monoisotopic (exact) mass is 249 g/mol. The molecule has 0 bridgehead atoms. The second-order valence-corrected chi connectivity index (χ2v) is 4.71. The fraction of sp³-hybridized carbons (Fsp3) is 0.462. The molecule has 98 valence electrons. The summed E-state index contributed by atoms with van der Waals surface area (Å²) >= 11 is 0. The number of hydrogen-bond acceptors (Lipinski definition) is 4. The Hall–Kier alpha value is -1.75. The Labute approximate surface area is 106 Å². The summed E-state index contributed by atoms with van der Waals surface area (Å²) in [6, 6.07) is 5.36. The highest BCUT2D eigenvalue weighted by atomic mass is 16.5. The van der Waals surface area contributed by atoms with Crippen molar-refractivity contribution in [2.24, 2.45) is 5.73 Å². The molecule has 2 unspecified atom stereocenters. The number of amides is 1. The van der Waals surface area contributed by atoms with E-state index in [4.69, 9.17) is 16.2 Å². The van der Waals surface area contributed by atoms with Gasteiger partial charge in [0, 0.05) is 18.2 Å². The molecule has 1 aromatic rings. The Balaban J connectivity index is 2.12. The molecule has 1 heterocycles. The van der Waals surface area contributed by atoms with Gasteiger partial charge in [0.2, 0.25) is 5.91 Å². The molecule has 1 aliphatic rings. The first-order valence-electron chi connectivity index (χ1n) is 6.13. The number of benzene rings is 1. The molecule has 2 atom stereocenters. The van der Waals surface area contributed by atoms with E-state index in [0.717, 1.165) is 25.1 Å². The quantitative estimate of drug-likeness (QED) is 0.705. The molecule has 18 heavy (non-hydrogen) atoms. The summed E-state index contributed by atoms with van der Waals surface area (Å²) in [5.74, 6) is -0.446. The van der Waals surface area contributed by atoms with Gasteiger partial charge in [-0.25, -0.2) is 0 Å². The van der Waals surface area contributed by atoms with Crippen molar-refractivity contribution in [2.75, 3.05) is 17.7 Å². The van der Waals surface area contributed by atoms with Gasteiger partial charge in [0.05, 0.1) is 17.5 Å². The van der Waals surface area contributed by atoms with E-state index in [1.165, 1.54) is 0 Å². The van der Waals surface area contributed by atoms with E-state index in [2.05, 4.69) is 12.2 Å². The van der Waals surface area contributed by atoms with Crippen molar-refractivity contribution in [1.82, 2.24) is 0 Å². The molecule has 0 saturated carbocycles. The lowest BCUT2D eigenvalue weighted by molar-refractivity contribution is 0.0232. The van der Waals surface area contributed by atoms with Crippen molar-refractivity contribution in [3.05, 3.63) is 23.8 Å². The number of rotatable bonds is 3. The van der Waals surface area contributed by atoms with Crippen molar-refractivity contribution in [3.8, 4) is 0 Å². The summed E-state index contributed by atoms with van der Waals surface area (Å²) in [5.41, 5.74) is 13.0. The second kappa shape index (κ2) is 5.27. The minimum atomic E-state index is -0.446. The number of ether oxygens (including phenoxy) is 1. The number of hydrogen-bond donors (Lipinski definition) is 3. The molecule has 1 fully saturated rings. The van der Waals surface area contributed by atoms with Crippen molar-refractivity contribution in [2.45, 2.75) is 31.9 Å². The molecule has 5 N–H and O–H groups in total. The molecule has 2 rings (SSSR count). The summed E-state index contributed by atoms with van der Waals surface area (Å²) < 4.78 is 5.49. The number of carbonyl (C=O) groups excluding carboxylic acids is 1. The van der Waals surface area contributed by atoms with Crippen LogP contribution in [0.5, 0.6) is 0 Å². The maximum absolute atomic E-state index is 11.1. The Morgan fingerprint density at radius 2 is 2.28 bits per heavy atom. The van der Waals surface area contributed by atoms with Gasteiger partial charge in [0.15, 0.2) is 0 Å². The number of carbonyl (C=O) groups is 1. The zero-order valence-electron chi connectivity index (χ0n) is 10.5. The van der Waals surface area contributed by atoms with E-state index in [1.807, 2.05) is 0 Å². The van der Waals surface area contributed by atoms with E-state index in [0.29, 0.717) is 17.3 Å². The minimum Gasteiger partial charge on any atom is -0.397 e. The first kappa shape index (κ1) is 12.7. The summed E-state index contributed by atoms with van der Waals surface area (Å²) in [4.78, 5) is 11.1. The first-order valence-corrected chi connectivity index (χ1v) is 6.13. The molecule has 5 nitrogen and oxygen atoms in total. The Kier molecular flexibility index (Phi) is 3.72. The molecule has 0 aliphatic carbocycles. The standard InChI is InChI=1S/C13H19N3O2/c1-8-6-10(4-5-18-8)16-12-7-9(13(15)17)2-3-11(12)14/h2-3,7-8,10,16H,4-6,14H2,1H3,(H2,15,17). The van der Waals surface area contributed by atoms with Crippen LogP contribution in [-0.2, 0) is 4.74 Å². The lowest BCUT2D eigenvalue weighted by atomic mass is 10.0. The van der Waals surface area contributed by atoms with Crippen LogP contribution in [0.1, 0.15) is 30.1 Å². The van der Waals surface area contributed by atoms with Crippen LogP contribution in [0.4, 0.5) is 11.4 Å². The van der Waals surface area contributed by atoms with Gasteiger partial charge in [-0.05, 0) is 38.0 Å². The second-order valence-electron chi connectivity index (χ2n) is 4.71. The van der Waals surface area contributed by atoms with Crippen LogP contribution in [0.2, 0.25) is 0 Å². The third-order valence-corrected chi connectivity index (χ3v) is 3.18. The zero-order valence-corrected chi connectivity index (χ0v) is 10.5. The van der Waals surface area contributed by atoms with E-state index < -0.39 is 5.91 Å². The van der Waals surface area contributed by atoms with Crippen LogP contribution in [0, 0.1) is 0 Å². The fourth-order valence-corrected chi connectivity index (χ4v) is 2.18. The van der Waals surface area contributed by atoms with Gasteiger partial charge in [-0.3, -0.25) is 4.79 Å². The first-order chi connectivity index (χ1) is 8.56. The highest BCUT2D eigenvalue weighted by molar-refractivity contribution is 5.94. The van der Waals surface area contributed by atoms with Gasteiger partial charge < -0.3 is 21.5 Å². The maximum Gasteiger partial charge on any atom is 0.248 e. The van der Waals surface area contributed by atoms with Crippen molar-refractivity contribution < 1.29 is 9.53 Å². The van der Waals surface area contributed by atoms with Crippen LogP contribution >= 0.6 is 0 Å². The van der Waals surface area contributed by atoms with Crippen molar-refractivity contribution >= 4 is 17.3 Å². The Morgan fingerprint density at radius 1 is 1.50 bits per heavy atom. The van der Waals surface area contributed by atoms with Gasteiger partial charge >= 0.3 is 0 Å². The number of nitrogens with one attached hydrogen (secondary N) is 1. The topological polar surface area (TPSA) is 90.4 Å². The summed E-state index contributed by atoms with van der Waals surface area (Å²) in [6.07, 6.45) is 2.11. The molecule has 1 saturated heterocycles. The SMILES string of the molecule is CC1CC(Nc2cc(C(N)=O)ccc2N)CCO1. The molecule has 1 aliphatic heterocycles. The summed E-state index contributed by atoms with van der Waals surface area (Å²) in [7, 11) is 0. The van der Waals surface area contributed by atoms with Crippen LogP contribution in [-0.4, -0.2) is 24.7 Å². The minimum absolute atomic E-state index is 0.247. The molecular formula is C13H19N3O2. The summed E-state index contributed by atoms with van der Waals surface area (Å²) in [5, 5.41) is 3.36. The van der Waals surface area contributed by atoms with Gasteiger partial charge in [0.25, 0.3) is 0 Å². The van der Waals surface area contributed by atoms with Crippen LogP contribution < -0.4 is 16.8 Å². The largest absolute Gasteiger partial charge is 0.397 e.